The van der Waals surface area contributed by atoms with Crippen LogP contribution in [-0.2, 0) is 16.1 Å². The molecule has 2 aromatic rings. The smallest absolute Gasteiger partial charge is 0.242 e. The molecule has 2 rings (SSSR count). The summed E-state index contributed by atoms with van der Waals surface area (Å²) in [4.78, 5) is 28.5. The molecule has 156 valence electrons. The highest BCUT2D eigenvalue weighted by molar-refractivity contribution is 9.10. The van der Waals surface area contributed by atoms with Gasteiger partial charge in [-0.3, -0.25) is 9.59 Å². The van der Waals surface area contributed by atoms with E-state index in [9.17, 15) is 9.59 Å². The molecule has 0 saturated heterocycles. The predicted molar refractivity (Wildman–Crippen MR) is 124 cm³/mol. The van der Waals surface area contributed by atoms with E-state index in [2.05, 4.69) is 35.1 Å². The highest BCUT2D eigenvalue weighted by Gasteiger charge is 2.26. The number of amides is 2. The first-order valence-electron chi connectivity index (χ1n) is 9.86. The lowest BCUT2D eigenvalue weighted by atomic mass is 10.1. The summed E-state index contributed by atoms with van der Waals surface area (Å²) in [7, 11) is 0. The highest BCUT2D eigenvalue weighted by Crippen LogP contribution is 2.20. The predicted octanol–water partition coefficient (Wildman–Crippen LogP) is 5.12. The molecule has 0 radical (unpaired) electrons. The molecule has 1 N–H and O–H groups in total. The van der Waals surface area contributed by atoms with E-state index >= 15 is 0 Å². The fraction of sp³-hybridized carbons (Fsp3) is 0.391. The van der Waals surface area contributed by atoms with E-state index < -0.39 is 6.04 Å². The van der Waals surface area contributed by atoms with Gasteiger partial charge in [0, 0.05) is 34.6 Å². The van der Waals surface area contributed by atoms with Gasteiger partial charge in [-0.15, -0.1) is 11.8 Å². The summed E-state index contributed by atoms with van der Waals surface area (Å²) in [5.74, 6) is 0.916. The second-order valence-electron chi connectivity index (χ2n) is 7.38. The maximum absolute atomic E-state index is 13.0. The summed E-state index contributed by atoms with van der Waals surface area (Å²) in [5.41, 5.74) is 0.993. The van der Waals surface area contributed by atoms with Crippen molar-refractivity contribution in [3.63, 3.8) is 0 Å². The molecule has 0 bridgehead atoms. The minimum Gasteiger partial charge on any atom is -0.354 e. The molecule has 1 atom stereocenters. The number of hydrogen-bond donors (Lipinski definition) is 1. The van der Waals surface area contributed by atoms with Crippen LogP contribution in [0.1, 0.15) is 32.8 Å². The van der Waals surface area contributed by atoms with Gasteiger partial charge in [-0.1, -0.05) is 60.1 Å². The first-order valence-corrected chi connectivity index (χ1v) is 11.6. The van der Waals surface area contributed by atoms with E-state index in [0.717, 1.165) is 14.9 Å². The van der Waals surface area contributed by atoms with Crippen molar-refractivity contribution in [3.05, 3.63) is 64.6 Å². The van der Waals surface area contributed by atoms with Crippen LogP contribution in [0, 0.1) is 5.92 Å². The van der Waals surface area contributed by atoms with E-state index in [1.165, 1.54) is 0 Å². The summed E-state index contributed by atoms with van der Waals surface area (Å²) >= 11 is 5.13. The van der Waals surface area contributed by atoms with Crippen molar-refractivity contribution in [1.82, 2.24) is 10.2 Å². The fourth-order valence-electron chi connectivity index (χ4n) is 2.78. The van der Waals surface area contributed by atoms with Crippen LogP contribution in [-0.4, -0.2) is 35.1 Å². The third kappa shape index (κ3) is 8.23. The number of thioether (sulfide) groups is 1. The Bertz CT molecular complexity index is 798. The average Bonchev–Trinajstić information content (AvgIpc) is 2.70. The molecule has 0 unspecified atom stereocenters. The molecule has 0 aromatic heterocycles. The van der Waals surface area contributed by atoms with E-state index in [1.54, 1.807) is 23.6 Å². The summed E-state index contributed by atoms with van der Waals surface area (Å²) in [6.45, 7) is 6.92. The average molecular weight is 477 g/mol. The number of hydrogen-bond acceptors (Lipinski definition) is 3. The summed E-state index contributed by atoms with van der Waals surface area (Å²) in [6.07, 6.45) is 0.384. The van der Waals surface area contributed by atoms with Crippen molar-refractivity contribution in [2.45, 2.75) is 44.7 Å². The zero-order valence-corrected chi connectivity index (χ0v) is 19.6. The molecular formula is C23H29BrN2O2S. The molecular weight excluding hydrogens is 448 g/mol. The topological polar surface area (TPSA) is 49.4 Å². The second kappa shape index (κ2) is 12.0. The van der Waals surface area contributed by atoms with E-state index in [4.69, 9.17) is 0 Å². The van der Waals surface area contributed by atoms with E-state index in [-0.39, 0.29) is 11.8 Å². The largest absolute Gasteiger partial charge is 0.354 e. The van der Waals surface area contributed by atoms with Crippen molar-refractivity contribution in [2.75, 3.05) is 12.3 Å². The number of nitrogens with zero attached hydrogens (tertiary/aromatic N) is 1. The summed E-state index contributed by atoms with van der Waals surface area (Å²) in [6, 6.07) is 17.4. The number of halogens is 1. The molecule has 4 nitrogen and oxygen atoms in total. The number of benzene rings is 2. The van der Waals surface area contributed by atoms with E-state index in [0.29, 0.717) is 31.2 Å². The van der Waals surface area contributed by atoms with Gasteiger partial charge in [0.25, 0.3) is 0 Å². The summed E-state index contributed by atoms with van der Waals surface area (Å²) in [5, 5.41) is 2.95. The normalized spacial score (nSPS) is 11.9. The van der Waals surface area contributed by atoms with Crippen molar-refractivity contribution in [3.8, 4) is 0 Å². The Labute approximate surface area is 186 Å². The maximum atomic E-state index is 13.0. The molecule has 0 saturated carbocycles. The fourth-order valence-corrected chi connectivity index (χ4v) is 4.09. The van der Waals surface area contributed by atoms with Crippen LogP contribution in [0.4, 0.5) is 0 Å². The van der Waals surface area contributed by atoms with Crippen LogP contribution in [0.25, 0.3) is 0 Å². The SMILES string of the molecule is CC(C)CNC(=O)[C@H](C)N(Cc1cccc(Br)c1)C(=O)CCSc1ccccc1. The Kier molecular flexibility index (Phi) is 9.74. The van der Waals surface area contributed by atoms with Crippen LogP contribution < -0.4 is 5.32 Å². The van der Waals surface area contributed by atoms with Crippen LogP contribution in [0.15, 0.2) is 64.0 Å². The third-order valence-electron chi connectivity index (χ3n) is 4.42. The number of nitrogens with one attached hydrogen (secondary N) is 1. The van der Waals surface area contributed by atoms with E-state index in [1.807, 2.05) is 54.6 Å². The minimum absolute atomic E-state index is 0.0133. The molecule has 0 spiro atoms. The minimum atomic E-state index is -0.526. The molecule has 29 heavy (non-hydrogen) atoms. The third-order valence-corrected chi connectivity index (χ3v) is 5.93. The van der Waals surface area contributed by atoms with Crippen LogP contribution >= 0.6 is 27.7 Å². The van der Waals surface area contributed by atoms with Gasteiger partial charge in [0.05, 0.1) is 0 Å². The number of carbonyl (C=O) groups is 2. The first-order chi connectivity index (χ1) is 13.9. The first kappa shape index (κ1) is 23.5. The number of rotatable bonds is 10. The Morgan fingerprint density at radius 2 is 1.79 bits per heavy atom. The van der Waals surface area contributed by atoms with Gasteiger partial charge in [0.15, 0.2) is 0 Å². The zero-order valence-electron chi connectivity index (χ0n) is 17.2. The van der Waals surface area contributed by atoms with Crippen molar-refractivity contribution >= 4 is 39.5 Å². The monoisotopic (exact) mass is 476 g/mol. The van der Waals surface area contributed by atoms with Crippen molar-refractivity contribution in [2.24, 2.45) is 5.92 Å². The standard InChI is InChI=1S/C23H29BrN2O2S/c1-17(2)15-25-23(28)18(3)26(16-19-8-7-9-20(24)14-19)22(27)12-13-29-21-10-5-4-6-11-21/h4-11,14,17-18H,12-13,15-16H2,1-3H3,(H,25,28)/t18-/m0/s1. The maximum Gasteiger partial charge on any atom is 0.242 e. The molecule has 0 aliphatic rings. The van der Waals surface area contributed by atoms with Crippen molar-refractivity contribution in [1.29, 1.82) is 0 Å². The molecule has 2 amide bonds. The Morgan fingerprint density at radius 1 is 1.07 bits per heavy atom. The van der Waals surface area contributed by atoms with Gasteiger partial charge in [0.1, 0.15) is 6.04 Å². The highest BCUT2D eigenvalue weighted by atomic mass is 79.9. The Hall–Kier alpha value is -1.79. The molecule has 2 aromatic carbocycles. The molecule has 0 aliphatic carbocycles. The molecule has 0 heterocycles. The van der Waals surface area contributed by atoms with Crippen molar-refractivity contribution < 1.29 is 9.59 Å². The van der Waals surface area contributed by atoms with Gasteiger partial charge < -0.3 is 10.2 Å². The van der Waals surface area contributed by atoms with Crippen LogP contribution in [0.2, 0.25) is 0 Å². The van der Waals surface area contributed by atoms with Crippen LogP contribution in [0.5, 0.6) is 0 Å². The summed E-state index contributed by atoms with van der Waals surface area (Å²) < 4.78 is 0.957. The Morgan fingerprint density at radius 3 is 2.45 bits per heavy atom. The quantitative estimate of drug-likeness (QED) is 0.484. The molecule has 6 heteroatoms. The zero-order chi connectivity index (χ0) is 21.2. The van der Waals surface area contributed by atoms with Gasteiger partial charge in [-0.25, -0.2) is 0 Å². The van der Waals surface area contributed by atoms with Gasteiger partial charge in [0.2, 0.25) is 11.8 Å². The lowest BCUT2D eigenvalue weighted by Crippen LogP contribution is -2.48. The number of carbonyl (C=O) groups excluding carboxylic acids is 2. The van der Waals surface area contributed by atoms with Gasteiger partial charge in [-0.2, -0.15) is 0 Å². The molecule has 0 aliphatic heterocycles. The van der Waals surface area contributed by atoms with Crippen LogP contribution in [0.3, 0.4) is 0 Å². The second-order valence-corrected chi connectivity index (χ2v) is 9.46. The molecule has 0 fully saturated rings. The van der Waals surface area contributed by atoms with Gasteiger partial charge >= 0.3 is 0 Å². The van der Waals surface area contributed by atoms with Gasteiger partial charge in [-0.05, 0) is 42.7 Å². The Balaban J connectivity index is 2.05. The lowest BCUT2D eigenvalue weighted by molar-refractivity contribution is -0.140. The lowest BCUT2D eigenvalue weighted by Gasteiger charge is -2.29.